The van der Waals surface area contributed by atoms with Crippen molar-refractivity contribution >= 4 is 40.4 Å². The van der Waals surface area contributed by atoms with Crippen LogP contribution in [0.2, 0.25) is 0 Å². The molecule has 0 aliphatic carbocycles. The van der Waals surface area contributed by atoms with Crippen molar-refractivity contribution in [2.75, 3.05) is 17.7 Å². The van der Waals surface area contributed by atoms with Crippen molar-refractivity contribution in [2.45, 2.75) is 24.3 Å². The van der Waals surface area contributed by atoms with Crippen LogP contribution in [0.25, 0.3) is 11.0 Å². The summed E-state index contributed by atoms with van der Waals surface area (Å²) in [5.74, 6) is 0.217. The van der Waals surface area contributed by atoms with Crippen LogP contribution in [-0.4, -0.2) is 33.8 Å². The molecular formula is C20H19N3O4S. The van der Waals surface area contributed by atoms with Crippen LogP contribution in [-0.2, 0) is 16.1 Å². The zero-order valence-corrected chi connectivity index (χ0v) is 15.9. The van der Waals surface area contributed by atoms with E-state index < -0.39 is 5.97 Å². The van der Waals surface area contributed by atoms with E-state index >= 15 is 0 Å². The Morgan fingerprint density at radius 1 is 1.18 bits per heavy atom. The molecule has 0 saturated heterocycles. The molecular weight excluding hydrogens is 378 g/mol. The number of hydrogen-bond acceptors (Lipinski definition) is 5. The predicted molar refractivity (Wildman–Crippen MR) is 108 cm³/mol. The molecule has 0 saturated carbocycles. The lowest BCUT2D eigenvalue weighted by Crippen LogP contribution is -2.18. The summed E-state index contributed by atoms with van der Waals surface area (Å²) in [6, 6.07) is 12.7. The van der Waals surface area contributed by atoms with Crippen molar-refractivity contribution in [1.82, 2.24) is 9.55 Å². The molecule has 2 aromatic carbocycles. The summed E-state index contributed by atoms with van der Waals surface area (Å²) in [5.41, 5.74) is 2.48. The van der Waals surface area contributed by atoms with Crippen molar-refractivity contribution in [1.29, 1.82) is 0 Å². The highest BCUT2D eigenvalue weighted by Gasteiger charge is 2.16. The number of amides is 1. The number of nitrogens with zero attached hydrogens (tertiary/aromatic N) is 1. The maximum atomic E-state index is 12.3. The maximum absolute atomic E-state index is 12.3. The number of carbonyl (C=O) groups excluding carboxylic acids is 2. The fourth-order valence-corrected chi connectivity index (χ4v) is 4.08. The van der Waals surface area contributed by atoms with Crippen molar-refractivity contribution in [3.8, 4) is 0 Å². The lowest BCUT2D eigenvalue weighted by molar-refractivity contribution is -0.115. The number of ether oxygens (including phenoxy) is 1. The Kier molecular flexibility index (Phi) is 5.21. The minimum absolute atomic E-state index is 0.0547. The van der Waals surface area contributed by atoms with Gasteiger partial charge >= 0.3 is 11.7 Å². The highest BCUT2D eigenvalue weighted by molar-refractivity contribution is 7.99. The molecule has 28 heavy (non-hydrogen) atoms. The van der Waals surface area contributed by atoms with Crippen LogP contribution in [0, 0.1) is 0 Å². The first kappa shape index (κ1) is 18.4. The molecule has 2 heterocycles. The van der Waals surface area contributed by atoms with E-state index in [0.717, 1.165) is 21.7 Å². The number of hydrogen-bond donors (Lipinski definition) is 2. The molecule has 1 amide bonds. The normalized spacial score (nSPS) is 13.6. The molecule has 7 nitrogen and oxygen atoms in total. The number of anilines is 1. The minimum Gasteiger partial charge on any atom is -0.462 e. The summed E-state index contributed by atoms with van der Waals surface area (Å²) in [7, 11) is 0. The molecule has 0 spiro atoms. The summed E-state index contributed by atoms with van der Waals surface area (Å²) in [5, 5.41) is 2.82. The maximum Gasteiger partial charge on any atom is 0.338 e. The zero-order valence-electron chi connectivity index (χ0n) is 15.1. The second kappa shape index (κ2) is 7.93. The lowest BCUT2D eigenvalue weighted by Gasteiger charge is -2.09. The molecule has 1 aromatic heterocycles. The highest BCUT2D eigenvalue weighted by Crippen LogP contribution is 2.31. The summed E-state index contributed by atoms with van der Waals surface area (Å²) in [4.78, 5) is 39.8. The number of aromatic amines is 1. The van der Waals surface area contributed by atoms with Crippen LogP contribution < -0.4 is 11.0 Å². The summed E-state index contributed by atoms with van der Waals surface area (Å²) in [6.45, 7) is 0.649. The van der Waals surface area contributed by atoms with Gasteiger partial charge in [-0.1, -0.05) is 12.1 Å². The Bertz CT molecular complexity index is 1100. The molecule has 4 rings (SSSR count). The molecule has 0 fully saturated rings. The minimum atomic E-state index is -0.447. The number of H-pyrrole nitrogens is 1. The van der Waals surface area contributed by atoms with Gasteiger partial charge in [-0.2, -0.15) is 0 Å². The van der Waals surface area contributed by atoms with Crippen molar-refractivity contribution in [3.63, 3.8) is 0 Å². The van der Waals surface area contributed by atoms with E-state index in [4.69, 9.17) is 4.74 Å². The van der Waals surface area contributed by atoms with Gasteiger partial charge in [-0.15, -0.1) is 11.8 Å². The molecule has 3 aromatic rings. The van der Waals surface area contributed by atoms with E-state index in [1.54, 1.807) is 28.5 Å². The van der Waals surface area contributed by atoms with Crippen LogP contribution >= 0.6 is 11.8 Å². The molecule has 0 radical (unpaired) electrons. The predicted octanol–water partition coefficient (Wildman–Crippen LogP) is 3.01. The summed E-state index contributed by atoms with van der Waals surface area (Å²) in [6.07, 6.45) is 0.970. The molecule has 144 valence electrons. The number of aromatic nitrogens is 2. The third-order valence-corrected chi connectivity index (χ3v) is 5.59. The van der Waals surface area contributed by atoms with Gasteiger partial charge in [0.25, 0.3) is 0 Å². The fraction of sp³-hybridized carbons (Fsp3) is 0.250. The summed E-state index contributed by atoms with van der Waals surface area (Å²) < 4.78 is 6.98. The van der Waals surface area contributed by atoms with Crippen molar-refractivity contribution in [3.05, 3.63) is 58.5 Å². The number of nitrogens with one attached hydrogen (secondary N) is 2. The Balaban J connectivity index is 1.36. The first-order chi connectivity index (χ1) is 13.6. The topological polar surface area (TPSA) is 93.2 Å². The van der Waals surface area contributed by atoms with E-state index in [1.807, 2.05) is 30.3 Å². The third-order valence-electron chi connectivity index (χ3n) is 4.52. The summed E-state index contributed by atoms with van der Waals surface area (Å²) >= 11 is 1.59. The number of thioether (sulfide) groups is 1. The second-order valence-electron chi connectivity index (χ2n) is 6.45. The molecule has 0 bridgehead atoms. The smallest absolute Gasteiger partial charge is 0.338 e. The van der Waals surface area contributed by atoms with E-state index in [-0.39, 0.29) is 18.2 Å². The SMILES string of the molecule is O=C1CCSc2ccc(C(=O)OCCCn3c(=O)[nH]c4ccccc43)cc2N1. The standard InChI is InChI=1S/C20H19N3O4S/c24-18-8-11-28-17-7-6-13(12-15(17)21-18)19(25)27-10-3-9-23-16-5-2-1-4-14(16)22-20(23)26/h1-2,4-7,12H,3,8-11H2,(H,21,24)(H,22,26). The lowest BCUT2D eigenvalue weighted by atomic mass is 10.2. The largest absolute Gasteiger partial charge is 0.462 e. The van der Waals surface area contributed by atoms with Gasteiger partial charge in [0.2, 0.25) is 5.91 Å². The van der Waals surface area contributed by atoms with Gasteiger partial charge < -0.3 is 15.0 Å². The number of esters is 1. The van der Waals surface area contributed by atoms with Crippen LogP contribution in [0.5, 0.6) is 0 Å². The highest BCUT2D eigenvalue weighted by atomic mass is 32.2. The number of para-hydroxylation sites is 2. The number of aryl methyl sites for hydroxylation is 1. The Morgan fingerprint density at radius 3 is 2.93 bits per heavy atom. The number of benzene rings is 2. The average molecular weight is 397 g/mol. The molecule has 1 aliphatic heterocycles. The van der Waals surface area contributed by atoms with Gasteiger partial charge in [0, 0.05) is 23.6 Å². The van der Waals surface area contributed by atoms with E-state index in [1.165, 1.54) is 0 Å². The van der Waals surface area contributed by atoms with Crippen molar-refractivity contribution in [2.24, 2.45) is 0 Å². The van der Waals surface area contributed by atoms with Crippen LogP contribution in [0.15, 0.2) is 52.2 Å². The third kappa shape index (κ3) is 3.82. The second-order valence-corrected chi connectivity index (χ2v) is 7.58. The Hall–Kier alpha value is -3.00. The van der Waals surface area contributed by atoms with Gasteiger partial charge in [0.1, 0.15) is 0 Å². The van der Waals surface area contributed by atoms with Gasteiger partial charge in [-0.25, -0.2) is 9.59 Å². The monoisotopic (exact) mass is 397 g/mol. The number of rotatable bonds is 5. The Labute approximate surface area is 165 Å². The van der Waals surface area contributed by atoms with E-state index in [2.05, 4.69) is 10.3 Å². The first-order valence-electron chi connectivity index (χ1n) is 9.03. The van der Waals surface area contributed by atoms with E-state index in [9.17, 15) is 14.4 Å². The number of imidazole rings is 1. The van der Waals surface area contributed by atoms with Gasteiger partial charge in [-0.05, 0) is 36.8 Å². The Morgan fingerprint density at radius 2 is 2.04 bits per heavy atom. The van der Waals surface area contributed by atoms with E-state index in [0.29, 0.717) is 30.6 Å². The quantitative estimate of drug-likeness (QED) is 0.510. The van der Waals surface area contributed by atoms with Crippen LogP contribution in [0.3, 0.4) is 0 Å². The molecule has 0 unspecified atom stereocenters. The van der Waals surface area contributed by atoms with Crippen molar-refractivity contribution < 1.29 is 14.3 Å². The zero-order chi connectivity index (χ0) is 19.5. The number of carbonyl (C=O) groups is 2. The average Bonchev–Trinajstić information content (AvgIpc) is 2.88. The first-order valence-corrected chi connectivity index (χ1v) is 10.0. The van der Waals surface area contributed by atoms with Gasteiger partial charge in [0.05, 0.1) is 28.9 Å². The molecule has 1 aliphatic rings. The molecule has 0 atom stereocenters. The number of fused-ring (bicyclic) bond motifs is 2. The fourth-order valence-electron chi connectivity index (χ4n) is 3.15. The van der Waals surface area contributed by atoms with Gasteiger partial charge in [-0.3, -0.25) is 9.36 Å². The van der Waals surface area contributed by atoms with Crippen LogP contribution in [0.4, 0.5) is 5.69 Å². The molecule has 2 N–H and O–H groups in total. The van der Waals surface area contributed by atoms with Crippen LogP contribution in [0.1, 0.15) is 23.2 Å². The molecule has 8 heteroatoms. The van der Waals surface area contributed by atoms with Gasteiger partial charge in [0.15, 0.2) is 0 Å².